The van der Waals surface area contributed by atoms with E-state index < -0.39 is 5.41 Å². The topological polar surface area (TPSA) is 91.0 Å². The van der Waals surface area contributed by atoms with E-state index in [1.54, 1.807) is 13.8 Å². The largest absolute Gasteiger partial charge is 0.409 e. The van der Waals surface area contributed by atoms with E-state index in [4.69, 9.17) is 10.9 Å². The molecule has 0 aromatic heterocycles. The summed E-state index contributed by atoms with van der Waals surface area (Å²) in [6.45, 7) is 4.95. The second kappa shape index (κ2) is 5.35. The summed E-state index contributed by atoms with van der Waals surface area (Å²) in [7, 11) is 2.05. The Balaban J connectivity index is 2.49. The van der Waals surface area contributed by atoms with Crippen LogP contribution < -0.4 is 11.1 Å². The van der Waals surface area contributed by atoms with Crippen LogP contribution in [0.5, 0.6) is 0 Å². The Kier molecular flexibility index (Phi) is 4.34. The molecule has 1 aliphatic heterocycles. The number of oxime groups is 1. The molecule has 6 heteroatoms. The second-order valence-corrected chi connectivity index (χ2v) is 5.10. The molecule has 98 valence electrons. The predicted molar refractivity (Wildman–Crippen MR) is 65.9 cm³/mol. The predicted octanol–water partition coefficient (Wildman–Crippen LogP) is -0.0306. The van der Waals surface area contributed by atoms with Crippen LogP contribution in [0.1, 0.15) is 26.7 Å². The van der Waals surface area contributed by atoms with E-state index in [9.17, 15) is 4.79 Å². The zero-order valence-corrected chi connectivity index (χ0v) is 10.7. The molecule has 4 N–H and O–H groups in total. The highest BCUT2D eigenvalue weighted by molar-refractivity contribution is 6.05. The molecule has 0 aromatic carbocycles. The normalized spacial score (nSPS) is 22.8. The van der Waals surface area contributed by atoms with Crippen molar-refractivity contribution in [3.63, 3.8) is 0 Å². The molecule has 0 aromatic rings. The molecular formula is C11H22N4O2. The molecule has 0 bridgehead atoms. The van der Waals surface area contributed by atoms with Gasteiger partial charge in [-0.25, -0.2) is 0 Å². The summed E-state index contributed by atoms with van der Waals surface area (Å²) in [6.07, 6.45) is 2.27. The first-order valence-corrected chi connectivity index (χ1v) is 5.86. The zero-order chi connectivity index (χ0) is 13.1. The smallest absolute Gasteiger partial charge is 0.233 e. The number of hydrogen-bond acceptors (Lipinski definition) is 4. The van der Waals surface area contributed by atoms with Gasteiger partial charge in [-0.2, -0.15) is 0 Å². The number of amides is 1. The number of nitrogens with two attached hydrogens (primary N) is 1. The molecule has 1 unspecified atom stereocenters. The molecule has 1 rings (SSSR count). The van der Waals surface area contributed by atoms with E-state index in [1.807, 2.05) is 0 Å². The Labute approximate surface area is 102 Å². The monoisotopic (exact) mass is 242 g/mol. The van der Waals surface area contributed by atoms with Crippen molar-refractivity contribution in [1.29, 1.82) is 0 Å². The minimum Gasteiger partial charge on any atom is -0.409 e. The fraction of sp³-hybridized carbons (Fsp3) is 0.818. The molecule has 1 aliphatic rings. The fourth-order valence-corrected chi connectivity index (χ4v) is 1.91. The Bertz CT molecular complexity index is 315. The van der Waals surface area contributed by atoms with Gasteiger partial charge in [-0.05, 0) is 40.3 Å². The summed E-state index contributed by atoms with van der Waals surface area (Å²) in [5, 5.41) is 14.4. The maximum atomic E-state index is 11.9. The summed E-state index contributed by atoms with van der Waals surface area (Å²) >= 11 is 0. The van der Waals surface area contributed by atoms with E-state index in [1.165, 1.54) is 6.42 Å². The van der Waals surface area contributed by atoms with E-state index in [2.05, 4.69) is 22.4 Å². The van der Waals surface area contributed by atoms with Crippen LogP contribution in [0.2, 0.25) is 0 Å². The van der Waals surface area contributed by atoms with Gasteiger partial charge in [0.1, 0.15) is 5.41 Å². The second-order valence-electron chi connectivity index (χ2n) is 5.10. The van der Waals surface area contributed by atoms with Gasteiger partial charge in [-0.3, -0.25) is 4.79 Å². The lowest BCUT2D eigenvalue weighted by Gasteiger charge is -2.25. The van der Waals surface area contributed by atoms with Gasteiger partial charge in [0.2, 0.25) is 5.91 Å². The third-order valence-corrected chi connectivity index (χ3v) is 3.49. The lowest BCUT2D eigenvalue weighted by Crippen LogP contribution is -2.48. The number of carbonyl (C=O) groups excluding carboxylic acids is 1. The first-order valence-electron chi connectivity index (χ1n) is 5.86. The van der Waals surface area contributed by atoms with E-state index in [-0.39, 0.29) is 11.7 Å². The molecule has 1 fully saturated rings. The van der Waals surface area contributed by atoms with E-state index in [0.29, 0.717) is 12.6 Å². The third kappa shape index (κ3) is 3.09. The number of amidine groups is 1. The maximum absolute atomic E-state index is 11.9. The Hall–Kier alpha value is -1.30. The number of rotatable bonds is 4. The number of likely N-dealkylation sites (N-methyl/N-ethyl adjacent to an activating group) is 1. The van der Waals surface area contributed by atoms with Crippen LogP contribution >= 0.6 is 0 Å². The molecule has 1 saturated heterocycles. The molecule has 1 heterocycles. The van der Waals surface area contributed by atoms with Crippen LogP contribution in [0, 0.1) is 5.41 Å². The van der Waals surface area contributed by atoms with Crippen molar-refractivity contribution in [2.75, 3.05) is 20.1 Å². The van der Waals surface area contributed by atoms with Gasteiger partial charge in [0.25, 0.3) is 0 Å². The number of likely N-dealkylation sites (tertiary alicyclic amines) is 1. The number of carbonyl (C=O) groups is 1. The zero-order valence-electron chi connectivity index (χ0n) is 10.7. The Morgan fingerprint density at radius 1 is 1.65 bits per heavy atom. The van der Waals surface area contributed by atoms with Crippen LogP contribution in [0.4, 0.5) is 0 Å². The van der Waals surface area contributed by atoms with Gasteiger partial charge in [0, 0.05) is 12.6 Å². The summed E-state index contributed by atoms with van der Waals surface area (Å²) < 4.78 is 0. The van der Waals surface area contributed by atoms with Crippen LogP contribution in [0.25, 0.3) is 0 Å². The summed E-state index contributed by atoms with van der Waals surface area (Å²) in [5.74, 6) is -0.289. The SMILES string of the molecule is CN1CCCC1CNC(=O)C(C)(C)C(N)=NO. The average Bonchev–Trinajstić information content (AvgIpc) is 2.70. The van der Waals surface area contributed by atoms with Gasteiger partial charge in [-0.1, -0.05) is 5.16 Å². The highest BCUT2D eigenvalue weighted by atomic mass is 16.4. The molecule has 1 atom stereocenters. The van der Waals surface area contributed by atoms with Crippen molar-refractivity contribution < 1.29 is 10.0 Å². The van der Waals surface area contributed by atoms with Crippen molar-refractivity contribution in [2.45, 2.75) is 32.7 Å². The molecule has 1 amide bonds. The van der Waals surface area contributed by atoms with Gasteiger partial charge < -0.3 is 21.2 Å². The molecular weight excluding hydrogens is 220 g/mol. The summed E-state index contributed by atoms with van der Waals surface area (Å²) in [5.41, 5.74) is 4.51. The minimum atomic E-state index is -0.980. The lowest BCUT2D eigenvalue weighted by atomic mass is 9.91. The van der Waals surface area contributed by atoms with Gasteiger partial charge in [0.15, 0.2) is 5.84 Å². The lowest BCUT2D eigenvalue weighted by molar-refractivity contribution is -0.126. The highest BCUT2D eigenvalue weighted by Crippen LogP contribution is 2.17. The molecule has 17 heavy (non-hydrogen) atoms. The Morgan fingerprint density at radius 3 is 2.76 bits per heavy atom. The number of hydrogen-bond donors (Lipinski definition) is 3. The molecule has 0 aliphatic carbocycles. The third-order valence-electron chi connectivity index (χ3n) is 3.49. The maximum Gasteiger partial charge on any atom is 0.233 e. The molecule has 0 saturated carbocycles. The molecule has 0 radical (unpaired) electrons. The summed E-state index contributed by atoms with van der Waals surface area (Å²) in [4.78, 5) is 14.2. The fourth-order valence-electron chi connectivity index (χ4n) is 1.91. The van der Waals surface area contributed by atoms with Crippen LogP contribution in [0.15, 0.2) is 5.16 Å². The number of nitrogens with zero attached hydrogens (tertiary/aromatic N) is 2. The standard InChI is InChI=1S/C11H22N4O2/c1-11(2,9(12)14-17)10(16)13-7-8-5-4-6-15(8)3/h8,17H,4-7H2,1-3H3,(H2,12,14)(H,13,16). The first-order chi connectivity index (χ1) is 7.89. The van der Waals surface area contributed by atoms with Crippen LogP contribution in [-0.2, 0) is 4.79 Å². The quantitative estimate of drug-likeness (QED) is 0.279. The highest BCUT2D eigenvalue weighted by Gasteiger charge is 2.33. The average molecular weight is 242 g/mol. The summed E-state index contributed by atoms with van der Waals surface area (Å²) in [6, 6.07) is 0.391. The van der Waals surface area contributed by atoms with Gasteiger partial charge in [0.05, 0.1) is 0 Å². The Morgan fingerprint density at radius 2 is 2.29 bits per heavy atom. The molecule has 6 nitrogen and oxygen atoms in total. The minimum absolute atomic E-state index is 0.0743. The van der Waals surface area contributed by atoms with Crippen molar-refractivity contribution in [1.82, 2.24) is 10.2 Å². The van der Waals surface area contributed by atoms with Crippen LogP contribution in [0.3, 0.4) is 0 Å². The van der Waals surface area contributed by atoms with Crippen molar-refractivity contribution in [2.24, 2.45) is 16.3 Å². The first kappa shape index (κ1) is 13.8. The van der Waals surface area contributed by atoms with Gasteiger partial charge >= 0.3 is 0 Å². The van der Waals surface area contributed by atoms with Crippen molar-refractivity contribution in [3.8, 4) is 0 Å². The van der Waals surface area contributed by atoms with E-state index in [0.717, 1.165) is 13.0 Å². The van der Waals surface area contributed by atoms with Crippen molar-refractivity contribution >= 4 is 11.7 Å². The van der Waals surface area contributed by atoms with Gasteiger partial charge in [-0.15, -0.1) is 0 Å². The van der Waals surface area contributed by atoms with Crippen LogP contribution in [-0.4, -0.2) is 48.0 Å². The number of nitrogens with one attached hydrogen (secondary N) is 1. The van der Waals surface area contributed by atoms with Crippen molar-refractivity contribution in [3.05, 3.63) is 0 Å². The molecule has 0 spiro atoms. The van der Waals surface area contributed by atoms with E-state index >= 15 is 0 Å².